The van der Waals surface area contributed by atoms with E-state index in [9.17, 15) is 4.91 Å². The average Bonchev–Trinajstić information content (AvgIpc) is 2.03. The van der Waals surface area contributed by atoms with Gasteiger partial charge >= 0.3 is 0 Å². The van der Waals surface area contributed by atoms with Crippen molar-refractivity contribution in [3.63, 3.8) is 0 Å². The van der Waals surface area contributed by atoms with Crippen molar-refractivity contribution < 1.29 is 0 Å². The highest BCUT2D eigenvalue weighted by Crippen LogP contribution is 2.33. The van der Waals surface area contributed by atoms with Crippen molar-refractivity contribution in [3.05, 3.63) is 4.91 Å². The van der Waals surface area contributed by atoms with Crippen molar-refractivity contribution in [2.45, 2.75) is 40.5 Å². The van der Waals surface area contributed by atoms with E-state index in [1.54, 1.807) is 0 Å². The first kappa shape index (κ1) is 10.6. The zero-order valence-corrected chi connectivity index (χ0v) is 8.05. The largest absolute Gasteiger partial charge is 0.151 e. The van der Waals surface area contributed by atoms with Crippen LogP contribution < -0.4 is 0 Å². The summed E-state index contributed by atoms with van der Waals surface area (Å²) in [4.78, 5) is 10.1. The Morgan fingerprint density at radius 2 is 2.00 bits per heavy atom. The van der Waals surface area contributed by atoms with Gasteiger partial charge in [-0.05, 0) is 17.8 Å². The summed E-state index contributed by atoms with van der Waals surface area (Å²) in [5.74, 6) is 0.588. The van der Waals surface area contributed by atoms with E-state index in [0.29, 0.717) is 12.5 Å². The van der Waals surface area contributed by atoms with Gasteiger partial charge < -0.3 is 0 Å². The third-order valence-corrected chi connectivity index (χ3v) is 3.04. The average molecular weight is 157 g/mol. The molecule has 0 saturated carbocycles. The van der Waals surface area contributed by atoms with Gasteiger partial charge in [-0.1, -0.05) is 39.3 Å². The molecule has 0 aliphatic heterocycles. The van der Waals surface area contributed by atoms with Crippen LogP contribution in [-0.2, 0) is 0 Å². The summed E-state index contributed by atoms with van der Waals surface area (Å²) in [6, 6.07) is 0. The fourth-order valence-electron chi connectivity index (χ4n) is 1.26. The summed E-state index contributed by atoms with van der Waals surface area (Å²) in [6.07, 6.45) is 2.16. The zero-order valence-electron chi connectivity index (χ0n) is 8.05. The van der Waals surface area contributed by atoms with Crippen molar-refractivity contribution in [2.75, 3.05) is 6.54 Å². The smallest absolute Gasteiger partial charge is 0.0867 e. The SMILES string of the molecule is CCC(C)[C@](C)(CC)CN=O. The van der Waals surface area contributed by atoms with Gasteiger partial charge in [-0.2, -0.15) is 4.91 Å². The van der Waals surface area contributed by atoms with Crippen LogP contribution >= 0.6 is 0 Å². The molecule has 2 atom stereocenters. The fraction of sp³-hybridized carbons (Fsp3) is 1.00. The Bertz CT molecular complexity index is 125. The predicted octanol–water partition coefficient (Wildman–Crippen LogP) is 3.22. The highest BCUT2D eigenvalue weighted by molar-refractivity contribution is 4.79. The maximum atomic E-state index is 10.1. The van der Waals surface area contributed by atoms with E-state index in [2.05, 4.69) is 32.9 Å². The molecular weight excluding hydrogens is 138 g/mol. The number of rotatable bonds is 5. The molecule has 0 amide bonds. The minimum absolute atomic E-state index is 0.122. The molecule has 2 heteroatoms. The van der Waals surface area contributed by atoms with E-state index in [0.717, 1.165) is 12.8 Å². The Morgan fingerprint density at radius 1 is 1.45 bits per heavy atom. The molecule has 66 valence electrons. The summed E-state index contributed by atoms with van der Waals surface area (Å²) in [5, 5.41) is 3.00. The van der Waals surface area contributed by atoms with E-state index < -0.39 is 0 Å². The van der Waals surface area contributed by atoms with Crippen LogP contribution in [0.3, 0.4) is 0 Å². The third-order valence-electron chi connectivity index (χ3n) is 3.04. The predicted molar refractivity (Wildman–Crippen MR) is 48.5 cm³/mol. The second-order valence-electron chi connectivity index (χ2n) is 3.60. The second kappa shape index (κ2) is 4.47. The summed E-state index contributed by atoms with van der Waals surface area (Å²) in [6.45, 7) is 9.07. The molecule has 0 radical (unpaired) electrons. The normalized spacial score (nSPS) is 18.9. The first-order valence-electron chi connectivity index (χ1n) is 4.39. The van der Waals surface area contributed by atoms with Gasteiger partial charge in [0.15, 0.2) is 0 Å². The first-order valence-corrected chi connectivity index (χ1v) is 4.39. The van der Waals surface area contributed by atoms with Crippen LogP contribution in [0.2, 0.25) is 0 Å². The molecule has 0 aliphatic rings. The lowest BCUT2D eigenvalue weighted by atomic mass is 9.75. The first-order chi connectivity index (χ1) is 5.10. The molecular formula is C9H19NO. The van der Waals surface area contributed by atoms with Crippen LogP contribution in [-0.4, -0.2) is 6.54 Å². The van der Waals surface area contributed by atoms with Gasteiger partial charge in [0.25, 0.3) is 0 Å². The van der Waals surface area contributed by atoms with Gasteiger partial charge in [0.1, 0.15) is 0 Å². The Morgan fingerprint density at radius 3 is 2.27 bits per heavy atom. The molecule has 0 aromatic rings. The molecule has 0 aromatic heterocycles. The summed E-state index contributed by atoms with van der Waals surface area (Å²) >= 11 is 0. The molecule has 0 spiro atoms. The number of hydrogen-bond donors (Lipinski definition) is 0. The molecule has 0 saturated heterocycles. The summed E-state index contributed by atoms with van der Waals surface area (Å²) in [7, 11) is 0. The third kappa shape index (κ3) is 2.60. The van der Waals surface area contributed by atoms with Gasteiger partial charge in [0.2, 0.25) is 0 Å². The number of hydrogen-bond acceptors (Lipinski definition) is 2. The maximum absolute atomic E-state index is 10.1. The minimum Gasteiger partial charge on any atom is -0.151 e. The maximum Gasteiger partial charge on any atom is 0.0867 e. The molecule has 0 bridgehead atoms. The van der Waals surface area contributed by atoms with Crippen molar-refractivity contribution in [2.24, 2.45) is 16.5 Å². The molecule has 0 N–H and O–H groups in total. The van der Waals surface area contributed by atoms with Crippen molar-refractivity contribution in [1.82, 2.24) is 0 Å². The van der Waals surface area contributed by atoms with Crippen LogP contribution in [0.25, 0.3) is 0 Å². The lowest BCUT2D eigenvalue weighted by Gasteiger charge is -2.31. The van der Waals surface area contributed by atoms with E-state index in [-0.39, 0.29) is 5.41 Å². The van der Waals surface area contributed by atoms with E-state index in [1.165, 1.54) is 0 Å². The minimum atomic E-state index is 0.122. The monoisotopic (exact) mass is 157 g/mol. The van der Waals surface area contributed by atoms with Gasteiger partial charge in [-0.3, -0.25) is 0 Å². The van der Waals surface area contributed by atoms with Crippen molar-refractivity contribution in [3.8, 4) is 0 Å². The highest BCUT2D eigenvalue weighted by Gasteiger charge is 2.28. The van der Waals surface area contributed by atoms with Gasteiger partial charge in [-0.25, -0.2) is 0 Å². The van der Waals surface area contributed by atoms with Crippen LogP contribution in [0, 0.1) is 16.2 Å². The number of nitroso groups, excluding NO2 is 1. The van der Waals surface area contributed by atoms with Crippen LogP contribution in [0.15, 0.2) is 5.18 Å². The molecule has 1 unspecified atom stereocenters. The quantitative estimate of drug-likeness (QED) is 0.563. The lowest BCUT2D eigenvalue weighted by molar-refractivity contribution is 0.197. The molecule has 2 nitrogen and oxygen atoms in total. The fourth-order valence-corrected chi connectivity index (χ4v) is 1.26. The number of nitrogens with zero attached hydrogens (tertiary/aromatic N) is 1. The Labute approximate surface area is 69.4 Å². The van der Waals surface area contributed by atoms with Gasteiger partial charge in [0.05, 0.1) is 6.54 Å². The topological polar surface area (TPSA) is 29.4 Å². The molecule has 0 aromatic carbocycles. The van der Waals surface area contributed by atoms with Crippen molar-refractivity contribution >= 4 is 0 Å². The molecule has 0 rings (SSSR count). The highest BCUT2D eigenvalue weighted by atomic mass is 16.3. The lowest BCUT2D eigenvalue weighted by Crippen LogP contribution is -2.27. The molecule has 0 fully saturated rings. The van der Waals surface area contributed by atoms with E-state index in [1.807, 2.05) is 0 Å². The molecule has 11 heavy (non-hydrogen) atoms. The van der Waals surface area contributed by atoms with E-state index in [4.69, 9.17) is 0 Å². The Hall–Kier alpha value is -0.400. The van der Waals surface area contributed by atoms with E-state index >= 15 is 0 Å². The molecule has 0 aliphatic carbocycles. The van der Waals surface area contributed by atoms with Crippen molar-refractivity contribution in [1.29, 1.82) is 0 Å². The summed E-state index contributed by atoms with van der Waals surface area (Å²) < 4.78 is 0. The second-order valence-corrected chi connectivity index (χ2v) is 3.60. The summed E-state index contributed by atoms with van der Waals surface area (Å²) in [5.41, 5.74) is 0.122. The van der Waals surface area contributed by atoms with Gasteiger partial charge in [0, 0.05) is 0 Å². The standard InChI is InChI=1S/C9H19NO/c1-5-8(3)9(4,6-2)7-10-11/h8H,5-7H2,1-4H3/t8?,9-/m1/s1. The Balaban J connectivity index is 4.18. The van der Waals surface area contributed by atoms with Crippen LogP contribution in [0.4, 0.5) is 0 Å². The van der Waals surface area contributed by atoms with Crippen LogP contribution in [0.5, 0.6) is 0 Å². The molecule has 0 heterocycles. The Kier molecular flexibility index (Phi) is 4.31. The van der Waals surface area contributed by atoms with Gasteiger partial charge in [-0.15, -0.1) is 0 Å². The van der Waals surface area contributed by atoms with Crippen LogP contribution in [0.1, 0.15) is 40.5 Å². The zero-order chi connectivity index (χ0) is 8.91.